The Hall–Kier alpha value is -2.77. The van der Waals surface area contributed by atoms with E-state index in [0.29, 0.717) is 18.2 Å². The quantitative estimate of drug-likeness (QED) is 0.861. The monoisotopic (exact) mass is 356 g/mol. The maximum Gasteiger partial charge on any atom is 0.269 e. The third-order valence-corrected chi connectivity index (χ3v) is 4.80. The molecule has 2 aromatic rings. The number of hydrogen-bond donors (Lipinski definition) is 1. The maximum atomic E-state index is 12.1. The van der Waals surface area contributed by atoms with E-state index in [1.807, 2.05) is 4.90 Å². The number of carbonyl (C=O) groups excluding carboxylic acids is 2. The summed E-state index contributed by atoms with van der Waals surface area (Å²) in [7, 11) is 1.73. The minimum atomic E-state index is -0.187. The number of nitrogens with zero attached hydrogens (tertiary/aromatic N) is 5. The van der Waals surface area contributed by atoms with Crippen molar-refractivity contribution < 1.29 is 9.59 Å². The van der Waals surface area contributed by atoms with Gasteiger partial charge in [-0.2, -0.15) is 5.10 Å². The second-order valence-electron chi connectivity index (χ2n) is 6.68. The van der Waals surface area contributed by atoms with Crippen LogP contribution in [0.4, 0.5) is 0 Å². The first-order valence-corrected chi connectivity index (χ1v) is 8.84. The van der Waals surface area contributed by atoms with Gasteiger partial charge in [0.15, 0.2) is 0 Å². The van der Waals surface area contributed by atoms with Crippen molar-refractivity contribution >= 4 is 11.8 Å². The fraction of sp³-hybridized carbons (Fsp3) is 0.500. The molecule has 0 aliphatic carbocycles. The lowest BCUT2D eigenvalue weighted by molar-refractivity contribution is -0.130. The van der Waals surface area contributed by atoms with Crippen molar-refractivity contribution in [1.82, 2.24) is 30.0 Å². The first-order chi connectivity index (χ1) is 12.5. The summed E-state index contributed by atoms with van der Waals surface area (Å²) in [5.74, 6) is 0.504. The Morgan fingerprint density at radius 2 is 1.88 bits per heavy atom. The smallest absolute Gasteiger partial charge is 0.269 e. The SMILES string of the molecule is CC(=O)N1CCC(Cc2cnc(CNC(=O)c3ccnn3C)cn2)CC1. The average Bonchev–Trinajstić information content (AvgIpc) is 3.07. The second-order valence-corrected chi connectivity index (χ2v) is 6.68. The molecule has 8 nitrogen and oxygen atoms in total. The molecule has 3 rings (SSSR count). The summed E-state index contributed by atoms with van der Waals surface area (Å²) in [6, 6.07) is 1.67. The molecule has 1 aliphatic rings. The molecule has 1 N–H and O–H groups in total. The van der Waals surface area contributed by atoms with E-state index >= 15 is 0 Å². The lowest BCUT2D eigenvalue weighted by Gasteiger charge is -2.31. The predicted octanol–water partition coefficient (Wildman–Crippen LogP) is 0.941. The fourth-order valence-electron chi connectivity index (χ4n) is 3.18. The predicted molar refractivity (Wildman–Crippen MR) is 95.1 cm³/mol. The first kappa shape index (κ1) is 18.0. The highest BCUT2D eigenvalue weighted by Crippen LogP contribution is 2.20. The normalized spacial score (nSPS) is 15.1. The zero-order valence-electron chi connectivity index (χ0n) is 15.2. The van der Waals surface area contributed by atoms with Crippen molar-refractivity contribution in [1.29, 1.82) is 0 Å². The van der Waals surface area contributed by atoms with E-state index < -0.39 is 0 Å². The molecule has 1 saturated heterocycles. The average molecular weight is 356 g/mol. The summed E-state index contributed by atoms with van der Waals surface area (Å²) in [5, 5.41) is 6.80. The molecule has 0 saturated carbocycles. The van der Waals surface area contributed by atoms with Gasteiger partial charge in [-0.25, -0.2) is 0 Å². The summed E-state index contributed by atoms with van der Waals surface area (Å²) in [4.78, 5) is 34.2. The van der Waals surface area contributed by atoms with Gasteiger partial charge >= 0.3 is 0 Å². The van der Waals surface area contributed by atoms with Gasteiger partial charge in [-0.3, -0.25) is 24.2 Å². The molecule has 3 heterocycles. The highest BCUT2D eigenvalue weighted by Gasteiger charge is 2.21. The summed E-state index contributed by atoms with van der Waals surface area (Å²) < 4.78 is 1.53. The standard InChI is InChI=1S/C18H24N6O2/c1-13(25)24-7-4-14(5-8-24)9-15-10-20-16(11-19-15)12-21-18(26)17-3-6-22-23(17)2/h3,6,10-11,14H,4-5,7-9,12H2,1-2H3,(H,21,26). The Labute approximate surface area is 152 Å². The number of piperidine rings is 1. The molecule has 8 heteroatoms. The molecule has 0 aromatic carbocycles. The number of hydrogen-bond acceptors (Lipinski definition) is 5. The fourth-order valence-corrected chi connectivity index (χ4v) is 3.18. The number of likely N-dealkylation sites (tertiary alicyclic amines) is 1. The van der Waals surface area contributed by atoms with Crippen LogP contribution in [0.25, 0.3) is 0 Å². The van der Waals surface area contributed by atoms with Crippen molar-refractivity contribution in [2.24, 2.45) is 13.0 Å². The minimum absolute atomic E-state index is 0.153. The Kier molecular flexibility index (Phi) is 5.60. The topological polar surface area (TPSA) is 93.0 Å². The minimum Gasteiger partial charge on any atom is -0.345 e. The number of aryl methyl sites for hydroxylation is 1. The van der Waals surface area contributed by atoms with Gasteiger partial charge in [-0.05, 0) is 31.2 Å². The third-order valence-electron chi connectivity index (χ3n) is 4.80. The van der Waals surface area contributed by atoms with Gasteiger partial charge in [0.1, 0.15) is 5.69 Å². The summed E-state index contributed by atoms with van der Waals surface area (Å²) >= 11 is 0. The number of nitrogens with one attached hydrogen (secondary N) is 1. The van der Waals surface area contributed by atoms with E-state index in [2.05, 4.69) is 20.4 Å². The van der Waals surface area contributed by atoms with E-state index in [1.165, 1.54) is 4.68 Å². The number of amides is 2. The van der Waals surface area contributed by atoms with Crippen LogP contribution < -0.4 is 5.32 Å². The van der Waals surface area contributed by atoms with E-state index in [0.717, 1.165) is 43.7 Å². The van der Waals surface area contributed by atoms with Gasteiger partial charge in [-0.1, -0.05) is 0 Å². The van der Waals surface area contributed by atoms with Crippen LogP contribution in [0.1, 0.15) is 41.6 Å². The maximum absolute atomic E-state index is 12.1. The highest BCUT2D eigenvalue weighted by molar-refractivity contribution is 5.92. The molecule has 0 bridgehead atoms. The van der Waals surface area contributed by atoms with Crippen molar-refractivity contribution in [3.63, 3.8) is 0 Å². The van der Waals surface area contributed by atoms with Crippen LogP contribution in [0.2, 0.25) is 0 Å². The van der Waals surface area contributed by atoms with E-state index in [1.54, 1.807) is 38.6 Å². The van der Waals surface area contributed by atoms with Crippen molar-refractivity contribution in [2.45, 2.75) is 32.7 Å². The summed E-state index contributed by atoms with van der Waals surface area (Å²) in [6.07, 6.45) is 7.96. The van der Waals surface area contributed by atoms with Crippen LogP contribution in [-0.4, -0.2) is 49.6 Å². The molecular formula is C18H24N6O2. The third kappa shape index (κ3) is 4.44. The number of aromatic nitrogens is 4. The van der Waals surface area contributed by atoms with E-state index in [9.17, 15) is 9.59 Å². The van der Waals surface area contributed by atoms with E-state index in [4.69, 9.17) is 0 Å². The van der Waals surface area contributed by atoms with Crippen molar-refractivity contribution in [3.05, 3.63) is 41.7 Å². The molecule has 138 valence electrons. The molecule has 2 aromatic heterocycles. The van der Waals surface area contributed by atoms with Crippen molar-refractivity contribution in [3.8, 4) is 0 Å². The van der Waals surface area contributed by atoms with Crippen LogP contribution >= 0.6 is 0 Å². The molecule has 26 heavy (non-hydrogen) atoms. The molecule has 0 unspecified atom stereocenters. The van der Waals surface area contributed by atoms with Gasteiger partial charge in [0.25, 0.3) is 5.91 Å². The molecule has 0 spiro atoms. The molecular weight excluding hydrogens is 332 g/mol. The zero-order chi connectivity index (χ0) is 18.5. The summed E-state index contributed by atoms with van der Waals surface area (Å²) in [6.45, 7) is 3.60. The van der Waals surface area contributed by atoms with Gasteiger partial charge in [0, 0.05) is 39.5 Å². The Balaban J connectivity index is 1.47. The largest absolute Gasteiger partial charge is 0.345 e. The molecule has 1 fully saturated rings. The lowest BCUT2D eigenvalue weighted by Crippen LogP contribution is -2.37. The second kappa shape index (κ2) is 8.07. The number of carbonyl (C=O) groups is 2. The number of rotatable bonds is 5. The zero-order valence-corrected chi connectivity index (χ0v) is 15.2. The highest BCUT2D eigenvalue weighted by atomic mass is 16.2. The Bertz CT molecular complexity index is 762. The molecule has 0 radical (unpaired) electrons. The van der Waals surface area contributed by atoms with Crippen LogP contribution in [0.15, 0.2) is 24.7 Å². The van der Waals surface area contributed by atoms with Gasteiger partial charge in [0.05, 0.1) is 24.1 Å². The Morgan fingerprint density at radius 1 is 1.19 bits per heavy atom. The lowest BCUT2D eigenvalue weighted by atomic mass is 9.92. The van der Waals surface area contributed by atoms with Gasteiger partial charge in [-0.15, -0.1) is 0 Å². The van der Waals surface area contributed by atoms with Crippen LogP contribution in [-0.2, 0) is 24.8 Å². The van der Waals surface area contributed by atoms with Crippen LogP contribution in [0, 0.1) is 5.92 Å². The van der Waals surface area contributed by atoms with Crippen LogP contribution in [0.3, 0.4) is 0 Å². The molecule has 1 aliphatic heterocycles. The van der Waals surface area contributed by atoms with Gasteiger partial charge < -0.3 is 10.2 Å². The van der Waals surface area contributed by atoms with Crippen molar-refractivity contribution in [2.75, 3.05) is 13.1 Å². The Morgan fingerprint density at radius 3 is 2.46 bits per heavy atom. The van der Waals surface area contributed by atoms with Gasteiger partial charge in [0.2, 0.25) is 5.91 Å². The first-order valence-electron chi connectivity index (χ1n) is 8.84. The van der Waals surface area contributed by atoms with E-state index in [-0.39, 0.29) is 11.8 Å². The van der Waals surface area contributed by atoms with Crippen LogP contribution in [0.5, 0.6) is 0 Å². The molecule has 0 atom stereocenters. The summed E-state index contributed by atoms with van der Waals surface area (Å²) in [5.41, 5.74) is 2.18. The molecule has 2 amide bonds.